The molecule has 0 spiro atoms. The van der Waals surface area contributed by atoms with Gasteiger partial charge in [0.15, 0.2) is 0 Å². The van der Waals surface area contributed by atoms with Gasteiger partial charge in [0.1, 0.15) is 5.75 Å². The predicted octanol–water partition coefficient (Wildman–Crippen LogP) is 3.66. The van der Waals surface area contributed by atoms with Crippen molar-refractivity contribution < 1.29 is 9.53 Å². The average Bonchev–Trinajstić information content (AvgIpc) is 2.55. The van der Waals surface area contributed by atoms with E-state index < -0.39 is 0 Å². The first-order valence-corrected chi connectivity index (χ1v) is 9.14. The minimum atomic E-state index is -0.00933. The predicted molar refractivity (Wildman–Crippen MR) is 96.6 cm³/mol. The van der Waals surface area contributed by atoms with Crippen LogP contribution in [0.25, 0.3) is 0 Å². The molecule has 1 aliphatic rings. The van der Waals surface area contributed by atoms with Crippen molar-refractivity contribution in [1.29, 1.82) is 0 Å². The summed E-state index contributed by atoms with van der Waals surface area (Å²) in [5.41, 5.74) is 1.07. The van der Waals surface area contributed by atoms with Crippen molar-refractivity contribution in [1.82, 2.24) is 10.6 Å². The van der Waals surface area contributed by atoms with Crippen molar-refractivity contribution in [2.45, 2.75) is 39.2 Å². The number of nitrogens with one attached hydrogen (secondary N) is 2. The molecule has 1 heterocycles. The minimum Gasteiger partial charge on any atom is -0.496 e. The van der Waals surface area contributed by atoms with E-state index in [-0.39, 0.29) is 11.9 Å². The Morgan fingerprint density at radius 3 is 2.70 bits per heavy atom. The van der Waals surface area contributed by atoms with Crippen molar-refractivity contribution >= 4 is 21.8 Å². The summed E-state index contributed by atoms with van der Waals surface area (Å²) in [6, 6.07) is 5.90. The second kappa shape index (κ2) is 8.69. The largest absolute Gasteiger partial charge is 0.496 e. The molecular weight excluding hydrogens is 356 g/mol. The summed E-state index contributed by atoms with van der Waals surface area (Å²) in [5, 5.41) is 6.49. The van der Waals surface area contributed by atoms with Crippen LogP contribution in [-0.4, -0.2) is 26.1 Å². The molecule has 5 heteroatoms. The molecule has 23 heavy (non-hydrogen) atoms. The van der Waals surface area contributed by atoms with Gasteiger partial charge in [0.05, 0.1) is 17.6 Å². The van der Waals surface area contributed by atoms with E-state index >= 15 is 0 Å². The van der Waals surface area contributed by atoms with Crippen LogP contribution in [0.3, 0.4) is 0 Å². The number of piperidine rings is 1. The molecule has 2 rings (SSSR count). The number of ether oxygens (including phenoxy) is 1. The first-order valence-electron chi connectivity index (χ1n) is 8.34. The second-order valence-corrected chi connectivity index (χ2v) is 7.31. The van der Waals surface area contributed by atoms with Crippen molar-refractivity contribution in [2.75, 3.05) is 20.2 Å². The van der Waals surface area contributed by atoms with Gasteiger partial charge >= 0.3 is 0 Å². The smallest absolute Gasteiger partial charge is 0.220 e. The summed E-state index contributed by atoms with van der Waals surface area (Å²) in [5.74, 6) is 2.03. The number of amides is 1. The number of halogens is 1. The molecule has 1 amide bonds. The van der Waals surface area contributed by atoms with Crippen LogP contribution in [0.15, 0.2) is 22.7 Å². The molecule has 0 aliphatic carbocycles. The summed E-state index contributed by atoms with van der Waals surface area (Å²) in [4.78, 5) is 12.3. The van der Waals surface area contributed by atoms with Gasteiger partial charge in [-0.05, 0) is 78.3 Å². The highest BCUT2D eigenvalue weighted by Gasteiger charge is 2.22. The van der Waals surface area contributed by atoms with Gasteiger partial charge in [-0.2, -0.15) is 0 Å². The van der Waals surface area contributed by atoms with E-state index in [1.54, 1.807) is 7.11 Å². The number of carbonyl (C=O) groups excluding carboxylic acids is 1. The standard InChI is InChI=1S/C18H27BrN2O2/c1-12(14-6-8-20-9-7-14)10-18(22)21-13(2)15-4-5-17(23-3)16(19)11-15/h4-5,11-14,20H,6-10H2,1-3H3,(H,21,22). The zero-order valence-corrected chi connectivity index (χ0v) is 15.8. The lowest BCUT2D eigenvalue weighted by Crippen LogP contribution is -2.34. The number of hydrogen-bond donors (Lipinski definition) is 2. The maximum atomic E-state index is 12.3. The van der Waals surface area contributed by atoms with Crippen LogP contribution in [-0.2, 0) is 4.79 Å². The molecule has 1 aromatic rings. The number of rotatable bonds is 6. The van der Waals surface area contributed by atoms with Crippen LogP contribution < -0.4 is 15.4 Å². The van der Waals surface area contributed by atoms with E-state index in [9.17, 15) is 4.79 Å². The van der Waals surface area contributed by atoms with Gasteiger partial charge in [-0.15, -0.1) is 0 Å². The number of hydrogen-bond acceptors (Lipinski definition) is 3. The topological polar surface area (TPSA) is 50.4 Å². The highest BCUT2D eigenvalue weighted by molar-refractivity contribution is 9.10. The fourth-order valence-corrected chi connectivity index (χ4v) is 3.77. The fourth-order valence-electron chi connectivity index (χ4n) is 3.21. The fraction of sp³-hybridized carbons (Fsp3) is 0.611. The Kier molecular flexibility index (Phi) is 6.90. The van der Waals surface area contributed by atoms with E-state index in [0.29, 0.717) is 18.3 Å². The summed E-state index contributed by atoms with van der Waals surface area (Å²) >= 11 is 3.49. The summed E-state index contributed by atoms with van der Waals surface area (Å²) in [7, 11) is 1.65. The number of benzene rings is 1. The summed E-state index contributed by atoms with van der Waals surface area (Å²) in [6.45, 7) is 6.37. The van der Waals surface area contributed by atoms with Crippen molar-refractivity contribution in [3.63, 3.8) is 0 Å². The number of carbonyl (C=O) groups is 1. The van der Waals surface area contributed by atoms with Gasteiger partial charge in [0.25, 0.3) is 0 Å². The normalized spacial score (nSPS) is 18.3. The third-order valence-corrected chi connectivity index (χ3v) is 5.37. The second-order valence-electron chi connectivity index (χ2n) is 6.45. The molecule has 0 bridgehead atoms. The van der Waals surface area contributed by atoms with E-state index in [2.05, 4.69) is 33.5 Å². The van der Waals surface area contributed by atoms with E-state index in [1.807, 2.05) is 25.1 Å². The van der Waals surface area contributed by atoms with Gasteiger partial charge in [0, 0.05) is 6.42 Å². The molecular formula is C18H27BrN2O2. The van der Waals surface area contributed by atoms with E-state index in [1.165, 1.54) is 12.8 Å². The molecule has 0 saturated carbocycles. The Hall–Kier alpha value is -1.07. The molecule has 1 aromatic carbocycles. The van der Waals surface area contributed by atoms with Crippen LogP contribution >= 0.6 is 15.9 Å². The molecule has 1 saturated heterocycles. The molecule has 2 N–H and O–H groups in total. The average molecular weight is 383 g/mol. The lowest BCUT2D eigenvalue weighted by atomic mass is 9.84. The lowest BCUT2D eigenvalue weighted by molar-refractivity contribution is -0.123. The quantitative estimate of drug-likeness (QED) is 0.788. The SMILES string of the molecule is COc1ccc(C(C)NC(=O)CC(C)C2CCNCC2)cc1Br. The Morgan fingerprint density at radius 1 is 1.39 bits per heavy atom. The van der Waals surface area contributed by atoms with E-state index in [0.717, 1.165) is 28.9 Å². The van der Waals surface area contributed by atoms with Crippen LogP contribution in [0.5, 0.6) is 5.75 Å². The molecule has 0 radical (unpaired) electrons. The maximum Gasteiger partial charge on any atom is 0.220 e. The zero-order chi connectivity index (χ0) is 16.8. The van der Waals surface area contributed by atoms with Gasteiger partial charge in [-0.3, -0.25) is 4.79 Å². The van der Waals surface area contributed by atoms with Crippen molar-refractivity contribution in [3.05, 3.63) is 28.2 Å². The van der Waals surface area contributed by atoms with Gasteiger partial charge in [-0.1, -0.05) is 13.0 Å². The third-order valence-electron chi connectivity index (χ3n) is 4.75. The first-order chi connectivity index (χ1) is 11.0. The van der Waals surface area contributed by atoms with Crippen LogP contribution in [0.2, 0.25) is 0 Å². The molecule has 4 nitrogen and oxygen atoms in total. The van der Waals surface area contributed by atoms with Crippen LogP contribution in [0.1, 0.15) is 44.7 Å². The zero-order valence-electron chi connectivity index (χ0n) is 14.2. The minimum absolute atomic E-state index is 0.00933. The Morgan fingerprint density at radius 2 is 2.09 bits per heavy atom. The Labute approximate surface area is 147 Å². The monoisotopic (exact) mass is 382 g/mol. The molecule has 2 unspecified atom stereocenters. The van der Waals surface area contributed by atoms with Gasteiger partial charge in [0.2, 0.25) is 5.91 Å². The van der Waals surface area contributed by atoms with Crippen LogP contribution in [0, 0.1) is 11.8 Å². The summed E-state index contributed by atoms with van der Waals surface area (Å²) < 4.78 is 6.15. The summed E-state index contributed by atoms with van der Waals surface area (Å²) in [6.07, 6.45) is 2.96. The Balaban J connectivity index is 1.87. The number of methoxy groups -OCH3 is 1. The Bertz CT molecular complexity index is 530. The van der Waals surface area contributed by atoms with E-state index in [4.69, 9.17) is 4.74 Å². The highest BCUT2D eigenvalue weighted by Crippen LogP contribution is 2.28. The van der Waals surface area contributed by atoms with Crippen molar-refractivity contribution in [3.8, 4) is 5.75 Å². The molecule has 1 fully saturated rings. The molecule has 0 aromatic heterocycles. The lowest BCUT2D eigenvalue weighted by Gasteiger charge is -2.28. The van der Waals surface area contributed by atoms with Crippen LogP contribution in [0.4, 0.5) is 0 Å². The first kappa shape index (κ1) is 18.3. The molecule has 128 valence electrons. The molecule has 2 atom stereocenters. The molecule has 1 aliphatic heterocycles. The third kappa shape index (κ3) is 5.21. The maximum absolute atomic E-state index is 12.3. The van der Waals surface area contributed by atoms with Gasteiger partial charge < -0.3 is 15.4 Å². The van der Waals surface area contributed by atoms with Gasteiger partial charge in [-0.25, -0.2) is 0 Å². The van der Waals surface area contributed by atoms with Crippen molar-refractivity contribution in [2.24, 2.45) is 11.8 Å². The highest BCUT2D eigenvalue weighted by atomic mass is 79.9.